The number of carbonyl (C=O) groups is 1. The van der Waals surface area contributed by atoms with Gasteiger partial charge in [-0.1, -0.05) is 41.9 Å². The molecular formula is C20H23ClN2O2. The van der Waals surface area contributed by atoms with Crippen LogP contribution < -0.4 is 10.1 Å². The summed E-state index contributed by atoms with van der Waals surface area (Å²) in [6, 6.07) is 16.0. The van der Waals surface area contributed by atoms with Gasteiger partial charge in [0.1, 0.15) is 5.75 Å². The number of methoxy groups -OCH3 is 1. The van der Waals surface area contributed by atoms with Gasteiger partial charge in [0.25, 0.3) is 0 Å². The SMILES string of the molecule is COc1ccc([C@H]2CCCN2CC(=O)NCc2ccccc2Cl)cc1. The van der Waals surface area contributed by atoms with Gasteiger partial charge in [-0.05, 0) is 48.7 Å². The Morgan fingerprint density at radius 1 is 1.24 bits per heavy atom. The van der Waals surface area contributed by atoms with Crippen molar-refractivity contribution in [3.05, 3.63) is 64.7 Å². The fourth-order valence-electron chi connectivity index (χ4n) is 3.29. The monoisotopic (exact) mass is 358 g/mol. The van der Waals surface area contributed by atoms with Gasteiger partial charge >= 0.3 is 0 Å². The lowest BCUT2D eigenvalue weighted by molar-refractivity contribution is -0.122. The average molecular weight is 359 g/mol. The Bertz CT molecular complexity index is 718. The molecule has 4 nitrogen and oxygen atoms in total. The van der Waals surface area contributed by atoms with Gasteiger partial charge in [-0.2, -0.15) is 0 Å². The molecule has 2 aromatic carbocycles. The standard InChI is InChI=1S/C20H23ClN2O2/c1-25-17-10-8-15(9-11-17)19-7-4-12-23(19)14-20(24)22-13-16-5-2-3-6-18(16)21/h2-3,5-6,8-11,19H,4,7,12-14H2,1H3,(H,22,24)/t19-/m1/s1. The van der Waals surface area contributed by atoms with Gasteiger partial charge < -0.3 is 10.1 Å². The molecule has 1 saturated heterocycles. The molecule has 0 spiro atoms. The van der Waals surface area contributed by atoms with Crippen LogP contribution in [0.25, 0.3) is 0 Å². The zero-order chi connectivity index (χ0) is 17.6. The van der Waals surface area contributed by atoms with E-state index in [9.17, 15) is 4.79 Å². The van der Waals surface area contributed by atoms with Crippen molar-refractivity contribution < 1.29 is 9.53 Å². The fraction of sp³-hybridized carbons (Fsp3) is 0.350. The quantitative estimate of drug-likeness (QED) is 0.853. The Kier molecular flexibility index (Phi) is 5.95. The molecule has 3 rings (SSSR count). The van der Waals surface area contributed by atoms with E-state index in [0.29, 0.717) is 18.1 Å². The molecule has 132 valence electrons. The highest BCUT2D eigenvalue weighted by atomic mass is 35.5. The van der Waals surface area contributed by atoms with Crippen molar-refractivity contribution in [1.29, 1.82) is 0 Å². The van der Waals surface area contributed by atoms with Crippen LogP contribution in [0.4, 0.5) is 0 Å². The lowest BCUT2D eigenvalue weighted by Gasteiger charge is -2.24. The molecule has 1 atom stereocenters. The molecule has 1 heterocycles. The summed E-state index contributed by atoms with van der Waals surface area (Å²) in [5.74, 6) is 0.881. The second kappa shape index (κ2) is 8.37. The van der Waals surface area contributed by atoms with E-state index in [1.54, 1.807) is 7.11 Å². The van der Waals surface area contributed by atoms with Crippen LogP contribution in [-0.4, -0.2) is 31.0 Å². The number of hydrogen-bond donors (Lipinski definition) is 1. The van der Waals surface area contributed by atoms with E-state index in [2.05, 4.69) is 22.3 Å². The Hall–Kier alpha value is -2.04. The summed E-state index contributed by atoms with van der Waals surface area (Å²) in [4.78, 5) is 14.6. The molecule has 1 N–H and O–H groups in total. The van der Waals surface area contributed by atoms with E-state index in [1.165, 1.54) is 5.56 Å². The summed E-state index contributed by atoms with van der Waals surface area (Å²) < 4.78 is 5.22. The molecule has 0 aromatic heterocycles. The number of halogens is 1. The fourth-order valence-corrected chi connectivity index (χ4v) is 3.50. The molecule has 1 amide bonds. The zero-order valence-electron chi connectivity index (χ0n) is 14.4. The minimum Gasteiger partial charge on any atom is -0.497 e. The average Bonchev–Trinajstić information content (AvgIpc) is 3.09. The zero-order valence-corrected chi connectivity index (χ0v) is 15.1. The van der Waals surface area contributed by atoms with Crippen LogP contribution in [0.5, 0.6) is 5.75 Å². The number of rotatable bonds is 6. The Labute approximate surface area is 153 Å². The number of amides is 1. The molecule has 0 unspecified atom stereocenters. The lowest BCUT2D eigenvalue weighted by Crippen LogP contribution is -2.36. The summed E-state index contributed by atoms with van der Waals surface area (Å²) in [7, 11) is 1.67. The van der Waals surface area contributed by atoms with Crippen molar-refractivity contribution in [1.82, 2.24) is 10.2 Å². The summed E-state index contributed by atoms with van der Waals surface area (Å²) in [6.07, 6.45) is 2.18. The predicted molar refractivity (Wildman–Crippen MR) is 99.8 cm³/mol. The molecule has 0 aliphatic carbocycles. The molecule has 2 aromatic rings. The van der Waals surface area contributed by atoms with E-state index in [-0.39, 0.29) is 11.9 Å². The van der Waals surface area contributed by atoms with Crippen molar-refractivity contribution in [2.45, 2.75) is 25.4 Å². The summed E-state index contributed by atoms with van der Waals surface area (Å²) >= 11 is 6.13. The lowest BCUT2D eigenvalue weighted by atomic mass is 10.0. The second-order valence-corrected chi connectivity index (χ2v) is 6.68. The summed E-state index contributed by atoms with van der Waals surface area (Å²) in [5, 5.41) is 3.65. The van der Waals surface area contributed by atoms with Crippen LogP contribution in [0.1, 0.15) is 30.0 Å². The number of ether oxygens (including phenoxy) is 1. The summed E-state index contributed by atoms with van der Waals surface area (Å²) in [5.41, 5.74) is 2.17. The van der Waals surface area contributed by atoms with Gasteiger partial charge in [-0.3, -0.25) is 9.69 Å². The highest BCUT2D eigenvalue weighted by molar-refractivity contribution is 6.31. The molecule has 0 saturated carbocycles. The molecule has 0 bridgehead atoms. The number of hydrogen-bond acceptors (Lipinski definition) is 3. The Balaban J connectivity index is 1.57. The van der Waals surface area contributed by atoms with Crippen molar-refractivity contribution in [2.24, 2.45) is 0 Å². The predicted octanol–water partition coefficient (Wildman–Crippen LogP) is 3.80. The van der Waals surface area contributed by atoms with Crippen molar-refractivity contribution >= 4 is 17.5 Å². The van der Waals surface area contributed by atoms with Gasteiger partial charge in [0.15, 0.2) is 0 Å². The first-order valence-electron chi connectivity index (χ1n) is 8.55. The smallest absolute Gasteiger partial charge is 0.234 e. The first-order chi connectivity index (χ1) is 12.2. The first-order valence-corrected chi connectivity index (χ1v) is 8.93. The third-order valence-corrected chi connectivity index (χ3v) is 5.01. The largest absolute Gasteiger partial charge is 0.497 e. The number of nitrogens with zero attached hydrogens (tertiary/aromatic N) is 1. The normalized spacial score (nSPS) is 17.4. The van der Waals surface area contributed by atoms with Crippen molar-refractivity contribution in [3.8, 4) is 5.75 Å². The maximum atomic E-state index is 12.3. The van der Waals surface area contributed by atoms with Crippen molar-refractivity contribution in [2.75, 3.05) is 20.2 Å². The van der Waals surface area contributed by atoms with E-state index in [1.807, 2.05) is 36.4 Å². The van der Waals surface area contributed by atoms with Crippen molar-refractivity contribution in [3.63, 3.8) is 0 Å². The van der Waals surface area contributed by atoms with Gasteiger partial charge in [-0.25, -0.2) is 0 Å². The van der Waals surface area contributed by atoms with E-state index >= 15 is 0 Å². The molecule has 1 aliphatic heterocycles. The Morgan fingerprint density at radius 3 is 2.72 bits per heavy atom. The number of likely N-dealkylation sites (tertiary alicyclic amines) is 1. The third kappa shape index (κ3) is 4.53. The topological polar surface area (TPSA) is 41.6 Å². The minimum absolute atomic E-state index is 0.0281. The van der Waals surface area contributed by atoms with Gasteiger partial charge in [-0.15, -0.1) is 0 Å². The number of nitrogens with one attached hydrogen (secondary N) is 1. The molecule has 0 radical (unpaired) electrons. The molecule has 5 heteroatoms. The number of benzene rings is 2. The van der Waals surface area contributed by atoms with Gasteiger partial charge in [0.05, 0.1) is 13.7 Å². The van der Waals surface area contributed by atoms with Crippen LogP contribution in [0.2, 0.25) is 5.02 Å². The van der Waals surface area contributed by atoms with Crippen LogP contribution >= 0.6 is 11.6 Å². The maximum Gasteiger partial charge on any atom is 0.234 e. The first kappa shape index (κ1) is 17.8. The summed E-state index contributed by atoms with van der Waals surface area (Å²) in [6.45, 7) is 1.80. The van der Waals surface area contributed by atoms with Gasteiger partial charge in [0.2, 0.25) is 5.91 Å². The molecular weight excluding hydrogens is 336 g/mol. The van der Waals surface area contributed by atoms with Crippen LogP contribution in [0.3, 0.4) is 0 Å². The molecule has 1 aliphatic rings. The van der Waals surface area contributed by atoms with E-state index < -0.39 is 0 Å². The molecule has 25 heavy (non-hydrogen) atoms. The molecule has 1 fully saturated rings. The van der Waals surface area contributed by atoms with E-state index in [0.717, 1.165) is 30.7 Å². The third-order valence-electron chi connectivity index (χ3n) is 4.64. The Morgan fingerprint density at radius 2 is 2.00 bits per heavy atom. The highest BCUT2D eigenvalue weighted by Gasteiger charge is 2.27. The minimum atomic E-state index is 0.0281. The van der Waals surface area contributed by atoms with Crippen LogP contribution in [0, 0.1) is 0 Å². The van der Waals surface area contributed by atoms with Crippen LogP contribution in [-0.2, 0) is 11.3 Å². The highest BCUT2D eigenvalue weighted by Crippen LogP contribution is 2.32. The maximum absolute atomic E-state index is 12.3. The number of carbonyl (C=O) groups excluding carboxylic acids is 1. The van der Waals surface area contributed by atoms with E-state index in [4.69, 9.17) is 16.3 Å². The van der Waals surface area contributed by atoms with Gasteiger partial charge in [0, 0.05) is 17.6 Å². The van der Waals surface area contributed by atoms with Crippen LogP contribution in [0.15, 0.2) is 48.5 Å². The second-order valence-electron chi connectivity index (χ2n) is 6.27.